The second kappa shape index (κ2) is 2.96. The second-order valence-electron chi connectivity index (χ2n) is 2.08. The van der Waals surface area contributed by atoms with Crippen molar-refractivity contribution < 1.29 is 10.2 Å². The fraction of sp³-hybridized carbons (Fsp3) is 0. The van der Waals surface area contributed by atoms with Crippen molar-refractivity contribution in [2.45, 2.75) is 0 Å². The molecule has 0 amide bonds. The maximum Gasteiger partial charge on any atom is 0.134 e. The van der Waals surface area contributed by atoms with Crippen LogP contribution in [0.5, 0.6) is 11.5 Å². The molecule has 0 radical (unpaired) electrons. The van der Waals surface area contributed by atoms with E-state index in [1.54, 1.807) is 6.08 Å². The number of phenolic OH excluding ortho intramolecular Hbond substituents is 2. The van der Waals surface area contributed by atoms with Crippen molar-refractivity contribution >= 4 is 22.0 Å². The van der Waals surface area contributed by atoms with Crippen LogP contribution >= 0.6 is 15.9 Å². The van der Waals surface area contributed by atoms with Gasteiger partial charge in [-0.15, -0.1) is 0 Å². The number of benzene rings is 1. The zero-order valence-electron chi connectivity index (χ0n) is 5.71. The maximum atomic E-state index is 9.16. The van der Waals surface area contributed by atoms with Crippen LogP contribution in [-0.2, 0) is 0 Å². The molecule has 1 rings (SSSR count). The first-order valence-corrected chi connectivity index (χ1v) is 3.78. The number of phenols is 2. The summed E-state index contributed by atoms with van der Waals surface area (Å²) in [7, 11) is 0. The second-order valence-corrected chi connectivity index (χ2v) is 2.87. The molecule has 0 heterocycles. The molecule has 3 heteroatoms. The monoisotopic (exact) mass is 214 g/mol. The molecule has 0 aliphatic carbocycles. The van der Waals surface area contributed by atoms with Gasteiger partial charge < -0.3 is 10.2 Å². The lowest BCUT2D eigenvalue weighted by molar-refractivity contribution is 0.444. The van der Waals surface area contributed by atoms with Gasteiger partial charge in [0, 0.05) is 0 Å². The van der Waals surface area contributed by atoms with Gasteiger partial charge in [0.05, 0.1) is 0 Å². The third-order valence-electron chi connectivity index (χ3n) is 1.29. The van der Waals surface area contributed by atoms with Gasteiger partial charge in [-0.25, -0.2) is 0 Å². The van der Waals surface area contributed by atoms with Gasteiger partial charge in [-0.3, -0.25) is 0 Å². The summed E-state index contributed by atoms with van der Waals surface area (Å²) in [6.45, 7) is 3.51. The molecule has 0 unspecified atom stereocenters. The first kappa shape index (κ1) is 8.14. The summed E-state index contributed by atoms with van der Waals surface area (Å²) >= 11 is 3.01. The fourth-order valence-electron chi connectivity index (χ4n) is 0.733. The van der Waals surface area contributed by atoms with E-state index in [1.807, 2.05) is 0 Å². The van der Waals surface area contributed by atoms with Crippen molar-refractivity contribution in [1.29, 1.82) is 0 Å². The Morgan fingerprint density at radius 2 is 1.73 bits per heavy atom. The van der Waals surface area contributed by atoms with Crippen LogP contribution in [0, 0.1) is 0 Å². The van der Waals surface area contributed by atoms with Crippen molar-refractivity contribution in [3.8, 4) is 11.5 Å². The van der Waals surface area contributed by atoms with E-state index in [1.165, 1.54) is 12.1 Å². The van der Waals surface area contributed by atoms with Crippen molar-refractivity contribution in [3.63, 3.8) is 0 Å². The van der Waals surface area contributed by atoms with Crippen molar-refractivity contribution in [2.24, 2.45) is 0 Å². The Bertz CT molecular complexity index is 271. The predicted octanol–water partition coefficient (Wildman–Crippen LogP) is 2.50. The van der Waals surface area contributed by atoms with Crippen LogP contribution in [0.15, 0.2) is 23.2 Å². The molecule has 0 fully saturated rings. The van der Waals surface area contributed by atoms with E-state index in [0.717, 1.165) is 0 Å². The van der Waals surface area contributed by atoms with Gasteiger partial charge in [-0.2, -0.15) is 0 Å². The summed E-state index contributed by atoms with van der Waals surface area (Å²) in [5.74, 6) is 0.0276. The Morgan fingerprint density at radius 1 is 1.27 bits per heavy atom. The quantitative estimate of drug-likeness (QED) is 0.755. The minimum absolute atomic E-state index is 0.0138. The van der Waals surface area contributed by atoms with Crippen LogP contribution in [0.1, 0.15) is 5.56 Å². The Morgan fingerprint density at radius 3 is 2.09 bits per heavy atom. The third-order valence-corrected chi connectivity index (χ3v) is 2.10. The first-order chi connectivity index (χ1) is 5.15. The average molecular weight is 215 g/mol. The summed E-state index contributed by atoms with van der Waals surface area (Å²) in [5.41, 5.74) is 0.684. The van der Waals surface area contributed by atoms with Gasteiger partial charge >= 0.3 is 0 Å². The molecule has 1 aromatic rings. The van der Waals surface area contributed by atoms with Crippen LogP contribution in [0.2, 0.25) is 0 Å². The molecule has 11 heavy (non-hydrogen) atoms. The molecule has 2 nitrogen and oxygen atoms in total. The van der Waals surface area contributed by atoms with Gasteiger partial charge in [0.2, 0.25) is 0 Å². The average Bonchev–Trinajstić information content (AvgIpc) is 1.99. The summed E-state index contributed by atoms with van der Waals surface area (Å²) in [5, 5.41) is 18.3. The highest BCUT2D eigenvalue weighted by Crippen LogP contribution is 2.34. The number of hydrogen-bond acceptors (Lipinski definition) is 2. The normalized spacial score (nSPS) is 9.55. The summed E-state index contributed by atoms with van der Waals surface area (Å²) in [6, 6.07) is 3.02. The molecule has 2 N–H and O–H groups in total. The highest BCUT2D eigenvalue weighted by molar-refractivity contribution is 9.10. The van der Waals surface area contributed by atoms with E-state index in [0.29, 0.717) is 10.0 Å². The highest BCUT2D eigenvalue weighted by Gasteiger charge is 2.03. The number of aromatic hydroxyl groups is 2. The van der Waals surface area contributed by atoms with Crippen LogP contribution < -0.4 is 0 Å². The molecular formula is C8H7BrO2. The van der Waals surface area contributed by atoms with Crippen molar-refractivity contribution in [2.75, 3.05) is 0 Å². The Balaban J connectivity index is 3.31. The zero-order valence-corrected chi connectivity index (χ0v) is 7.30. The Hall–Kier alpha value is -0.960. The lowest BCUT2D eigenvalue weighted by Crippen LogP contribution is -1.75. The minimum Gasteiger partial charge on any atom is -0.507 e. The molecule has 1 aromatic carbocycles. The van der Waals surface area contributed by atoms with E-state index >= 15 is 0 Å². The Labute approximate surface area is 72.9 Å². The van der Waals surface area contributed by atoms with Crippen LogP contribution in [0.3, 0.4) is 0 Å². The molecule has 0 atom stereocenters. The Kier molecular flexibility index (Phi) is 2.19. The highest BCUT2D eigenvalue weighted by atomic mass is 79.9. The van der Waals surface area contributed by atoms with E-state index in [4.69, 9.17) is 10.2 Å². The standard InChI is InChI=1S/C8H7BrO2/c1-2-5-3-6(10)8(9)7(11)4-5/h2-4,10-11H,1H2. The molecule has 0 spiro atoms. The lowest BCUT2D eigenvalue weighted by atomic mass is 10.2. The van der Waals surface area contributed by atoms with Gasteiger partial charge in [0.25, 0.3) is 0 Å². The first-order valence-electron chi connectivity index (χ1n) is 2.99. The van der Waals surface area contributed by atoms with Gasteiger partial charge in [-0.05, 0) is 33.6 Å². The largest absolute Gasteiger partial charge is 0.507 e. The topological polar surface area (TPSA) is 40.5 Å². The van der Waals surface area contributed by atoms with Gasteiger partial charge in [0.15, 0.2) is 0 Å². The van der Waals surface area contributed by atoms with E-state index in [-0.39, 0.29) is 11.5 Å². The van der Waals surface area contributed by atoms with Crippen molar-refractivity contribution in [3.05, 3.63) is 28.7 Å². The fourth-order valence-corrected chi connectivity index (χ4v) is 0.962. The van der Waals surface area contributed by atoms with E-state index in [2.05, 4.69) is 22.5 Å². The molecule has 0 aliphatic rings. The molecule has 58 valence electrons. The molecular weight excluding hydrogens is 208 g/mol. The smallest absolute Gasteiger partial charge is 0.134 e. The van der Waals surface area contributed by atoms with Gasteiger partial charge in [0.1, 0.15) is 16.0 Å². The summed E-state index contributed by atoms with van der Waals surface area (Å²) in [6.07, 6.45) is 1.55. The van der Waals surface area contributed by atoms with Gasteiger partial charge in [-0.1, -0.05) is 12.7 Å². The summed E-state index contributed by atoms with van der Waals surface area (Å²) < 4.78 is 0.308. The predicted molar refractivity (Wildman–Crippen MR) is 47.6 cm³/mol. The van der Waals surface area contributed by atoms with Crippen LogP contribution in [-0.4, -0.2) is 10.2 Å². The molecule has 0 saturated carbocycles. The van der Waals surface area contributed by atoms with Crippen LogP contribution in [0.25, 0.3) is 6.08 Å². The third kappa shape index (κ3) is 1.54. The molecule has 0 aliphatic heterocycles. The number of halogens is 1. The molecule has 0 saturated heterocycles. The lowest BCUT2D eigenvalue weighted by Gasteiger charge is -2.01. The number of rotatable bonds is 1. The summed E-state index contributed by atoms with van der Waals surface area (Å²) in [4.78, 5) is 0. The minimum atomic E-state index is 0.0138. The number of hydrogen-bond donors (Lipinski definition) is 2. The molecule has 0 bridgehead atoms. The SMILES string of the molecule is C=Cc1cc(O)c(Br)c(O)c1. The van der Waals surface area contributed by atoms with E-state index < -0.39 is 0 Å². The van der Waals surface area contributed by atoms with E-state index in [9.17, 15) is 0 Å². The maximum absolute atomic E-state index is 9.16. The zero-order chi connectivity index (χ0) is 8.43. The van der Waals surface area contributed by atoms with Crippen molar-refractivity contribution in [1.82, 2.24) is 0 Å². The molecule has 0 aromatic heterocycles. The van der Waals surface area contributed by atoms with Crippen LogP contribution in [0.4, 0.5) is 0 Å².